The molecule has 0 spiro atoms. The molecule has 0 radical (unpaired) electrons. The van der Waals surface area contributed by atoms with Gasteiger partial charge >= 0.3 is 6.09 Å². The molecule has 134 valence electrons. The SMILES string of the molecule is CCCCCC(CC)OC(=O)Nc1ccccc1Sc1ccccc1. The predicted octanol–water partition coefficient (Wildman–Crippen LogP) is 6.75. The first-order chi connectivity index (χ1) is 12.2. The number of ether oxygens (including phenoxy) is 1. The highest BCUT2D eigenvalue weighted by molar-refractivity contribution is 7.99. The van der Waals surface area contributed by atoms with Gasteiger partial charge < -0.3 is 4.74 Å². The van der Waals surface area contributed by atoms with Gasteiger partial charge in [-0.3, -0.25) is 5.32 Å². The zero-order valence-electron chi connectivity index (χ0n) is 15.0. The van der Waals surface area contributed by atoms with Gasteiger partial charge in [-0.15, -0.1) is 0 Å². The van der Waals surface area contributed by atoms with Crippen LogP contribution in [0.4, 0.5) is 10.5 Å². The van der Waals surface area contributed by atoms with Gasteiger partial charge in [0.15, 0.2) is 0 Å². The number of anilines is 1. The second-order valence-electron chi connectivity index (χ2n) is 5.97. The monoisotopic (exact) mass is 357 g/mol. The smallest absolute Gasteiger partial charge is 0.411 e. The van der Waals surface area contributed by atoms with Crippen molar-refractivity contribution in [2.45, 2.75) is 61.8 Å². The molecule has 0 saturated heterocycles. The van der Waals surface area contributed by atoms with E-state index in [0.29, 0.717) is 0 Å². The lowest BCUT2D eigenvalue weighted by Gasteiger charge is -2.17. The molecular weight excluding hydrogens is 330 g/mol. The number of carbonyl (C=O) groups excluding carboxylic acids is 1. The maximum absolute atomic E-state index is 12.3. The normalized spacial score (nSPS) is 11.8. The topological polar surface area (TPSA) is 38.3 Å². The largest absolute Gasteiger partial charge is 0.446 e. The third kappa shape index (κ3) is 6.83. The molecule has 2 aromatic carbocycles. The van der Waals surface area contributed by atoms with Crippen LogP contribution in [0.3, 0.4) is 0 Å². The number of para-hydroxylation sites is 1. The van der Waals surface area contributed by atoms with E-state index in [0.717, 1.165) is 34.7 Å². The lowest BCUT2D eigenvalue weighted by atomic mass is 10.1. The van der Waals surface area contributed by atoms with Crippen molar-refractivity contribution in [3.8, 4) is 0 Å². The Morgan fingerprint density at radius 2 is 1.76 bits per heavy atom. The lowest BCUT2D eigenvalue weighted by molar-refractivity contribution is 0.101. The minimum atomic E-state index is -0.371. The second-order valence-corrected chi connectivity index (χ2v) is 7.08. The summed E-state index contributed by atoms with van der Waals surface area (Å²) >= 11 is 1.63. The molecule has 25 heavy (non-hydrogen) atoms. The highest BCUT2D eigenvalue weighted by atomic mass is 32.2. The quantitative estimate of drug-likeness (QED) is 0.505. The number of amides is 1. The number of carbonyl (C=O) groups is 1. The number of unbranched alkanes of at least 4 members (excludes halogenated alkanes) is 2. The minimum absolute atomic E-state index is 0.0134. The van der Waals surface area contributed by atoms with E-state index in [-0.39, 0.29) is 12.2 Å². The first-order valence-corrected chi connectivity index (χ1v) is 9.84. The number of hydrogen-bond acceptors (Lipinski definition) is 3. The van der Waals surface area contributed by atoms with E-state index in [1.54, 1.807) is 11.8 Å². The Kier molecular flexibility index (Phi) is 8.40. The van der Waals surface area contributed by atoms with Gasteiger partial charge in [0.2, 0.25) is 0 Å². The molecule has 1 unspecified atom stereocenters. The molecule has 0 aliphatic rings. The Labute approximate surface area is 155 Å². The lowest BCUT2D eigenvalue weighted by Crippen LogP contribution is -2.22. The molecule has 3 nitrogen and oxygen atoms in total. The average molecular weight is 358 g/mol. The molecule has 0 aliphatic carbocycles. The third-order valence-electron chi connectivity index (χ3n) is 3.95. The van der Waals surface area contributed by atoms with E-state index in [2.05, 4.69) is 31.3 Å². The van der Waals surface area contributed by atoms with Crippen molar-refractivity contribution in [3.05, 3.63) is 54.6 Å². The van der Waals surface area contributed by atoms with Crippen LogP contribution in [0.25, 0.3) is 0 Å². The van der Waals surface area contributed by atoms with E-state index >= 15 is 0 Å². The van der Waals surface area contributed by atoms with Crippen LogP contribution in [0.15, 0.2) is 64.4 Å². The van der Waals surface area contributed by atoms with Gasteiger partial charge in [-0.1, -0.05) is 68.8 Å². The maximum atomic E-state index is 12.3. The summed E-state index contributed by atoms with van der Waals surface area (Å²) < 4.78 is 5.60. The van der Waals surface area contributed by atoms with Crippen molar-refractivity contribution in [2.24, 2.45) is 0 Å². The van der Waals surface area contributed by atoms with E-state index in [4.69, 9.17) is 4.74 Å². The Hall–Kier alpha value is -1.94. The average Bonchev–Trinajstić information content (AvgIpc) is 2.63. The first-order valence-electron chi connectivity index (χ1n) is 9.02. The molecule has 1 atom stereocenters. The van der Waals surface area contributed by atoms with E-state index in [1.165, 1.54) is 12.8 Å². The molecule has 0 heterocycles. The summed E-state index contributed by atoms with van der Waals surface area (Å²) in [6.07, 6.45) is 4.84. The highest BCUT2D eigenvalue weighted by Crippen LogP contribution is 2.33. The number of benzene rings is 2. The summed E-state index contributed by atoms with van der Waals surface area (Å²) in [5, 5.41) is 2.90. The van der Waals surface area contributed by atoms with Crippen LogP contribution in [0.5, 0.6) is 0 Å². The summed E-state index contributed by atoms with van der Waals surface area (Å²) in [7, 11) is 0. The van der Waals surface area contributed by atoms with E-state index in [9.17, 15) is 4.79 Å². The minimum Gasteiger partial charge on any atom is -0.446 e. The fourth-order valence-corrected chi connectivity index (χ4v) is 3.46. The Balaban J connectivity index is 1.96. The second kappa shape index (κ2) is 10.8. The molecule has 0 bridgehead atoms. The fourth-order valence-electron chi connectivity index (χ4n) is 2.53. The van der Waals surface area contributed by atoms with Gasteiger partial charge in [0.05, 0.1) is 5.69 Å². The van der Waals surface area contributed by atoms with Gasteiger partial charge in [0.1, 0.15) is 6.10 Å². The molecule has 0 fully saturated rings. The van der Waals surface area contributed by atoms with Gasteiger partial charge in [0, 0.05) is 9.79 Å². The maximum Gasteiger partial charge on any atom is 0.411 e. The van der Waals surface area contributed by atoms with Crippen molar-refractivity contribution in [1.82, 2.24) is 0 Å². The Morgan fingerprint density at radius 1 is 1.04 bits per heavy atom. The molecular formula is C21H27NO2S. The van der Waals surface area contributed by atoms with Crippen LogP contribution in [0.2, 0.25) is 0 Å². The summed E-state index contributed by atoms with van der Waals surface area (Å²) in [4.78, 5) is 14.4. The van der Waals surface area contributed by atoms with Crippen LogP contribution in [0, 0.1) is 0 Å². The zero-order chi connectivity index (χ0) is 17.9. The molecule has 1 N–H and O–H groups in total. The molecule has 4 heteroatoms. The number of hydrogen-bond donors (Lipinski definition) is 1. The van der Waals surface area contributed by atoms with Crippen molar-refractivity contribution in [3.63, 3.8) is 0 Å². The summed E-state index contributed by atoms with van der Waals surface area (Å²) in [6.45, 7) is 4.24. The van der Waals surface area contributed by atoms with Crippen LogP contribution >= 0.6 is 11.8 Å². The number of rotatable bonds is 9. The highest BCUT2D eigenvalue weighted by Gasteiger charge is 2.14. The van der Waals surface area contributed by atoms with Gasteiger partial charge in [-0.25, -0.2) is 4.79 Å². The molecule has 0 aromatic heterocycles. The molecule has 2 rings (SSSR count). The molecule has 2 aromatic rings. The van der Waals surface area contributed by atoms with E-state index in [1.807, 2.05) is 42.5 Å². The number of nitrogens with one attached hydrogen (secondary N) is 1. The summed E-state index contributed by atoms with van der Waals surface area (Å²) in [5.41, 5.74) is 0.782. The van der Waals surface area contributed by atoms with Gasteiger partial charge in [-0.2, -0.15) is 0 Å². The van der Waals surface area contributed by atoms with Crippen LogP contribution < -0.4 is 5.32 Å². The zero-order valence-corrected chi connectivity index (χ0v) is 15.9. The Morgan fingerprint density at radius 3 is 2.48 bits per heavy atom. The van der Waals surface area contributed by atoms with Crippen LogP contribution in [-0.2, 0) is 4.74 Å². The van der Waals surface area contributed by atoms with Crippen molar-refractivity contribution in [2.75, 3.05) is 5.32 Å². The summed E-state index contributed by atoms with van der Waals surface area (Å²) in [6, 6.07) is 17.9. The molecule has 0 saturated carbocycles. The standard InChI is InChI=1S/C21H27NO2S/c1-3-5-7-12-17(4-2)24-21(23)22-19-15-10-11-16-20(19)25-18-13-8-6-9-14-18/h6,8-11,13-17H,3-5,7,12H2,1-2H3,(H,22,23). The third-order valence-corrected chi connectivity index (χ3v) is 5.04. The van der Waals surface area contributed by atoms with Crippen molar-refractivity contribution in [1.29, 1.82) is 0 Å². The molecule has 0 aliphatic heterocycles. The first kappa shape index (κ1) is 19.4. The predicted molar refractivity (Wildman–Crippen MR) is 105 cm³/mol. The Bertz CT molecular complexity index is 645. The van der Waals surface area contributed by atoms with Crippen molar-refractivity contribution >= 4 is 23.5 Å². The van der Waals surface area contributed by atoms with Crippen molar-refractivity contribution < 1.29 is 9.53 Å². The summed E-state index contributed by atoms with van der Waals surface area (Å²) in [5.74, 6) is 0. The van der Waals surface area contributed by atoms with Crippen LogP contribution in [-0.4, -0.2) is 12.2 Å². The van der Waals surface area contributed by atoms with Gasteiger partial charge in [0.25, 0.3) is 0 Å². The van der Waals surface area contributed by atoms with Gasteiger partial charge in [-0.05, 0) is 43.5 Å². The molecule has 1 amide bonds. The van der Waals surface area contributed by atoms with E-state index < -0.39 is 0 Å². The van der Waals surface area contributed by atoms with Crippen LogP contribution in [0.1, 0.15) is 46.0 Å². The fraction of sp³-hybridized carbons (Fsp3) is 0.381.